The van der Waals surface area contributed by atoms with Crippen molar-refractivity contribution in [1.29, 1.82) is 0 Å². The molecule has 0 radical (unpaired) electrons. The number of ether oxygens (including phenoxy) is 1. The Morgan fingerprint density at radius 2 is 1.88 bits per heavy atom. The minimum absolute atomic E-state index is 0.153. The highest BCUT2D eigenvalue weighted by Crippen LogP contribution is 2.22. The number of sulfone groups is 1. The van der Waals surface area contributed by atoms with Gasteiger partial charge in [-0.3, -0.25) is 4.79 Å². The Labute approximate surface area is 151 Å². The van der Waals surface area contributed by atoms with Crippen LogP contribution < -0.4 is 0 Å². The molecule has 138 valence electrons. The summed E-state index contributed by atoms with van der Waals surface area (Å²) in [5, 5.41) is -0.606. The summed E-state index contributed by atoms with van der Waals surface area (Å²) in [6, 6.07) is 9.38. The summed E-state index contributed by atoms with van der Waals surface area (Å²) in [4.78, 5) is 25.6. The van der Waals surface area contributed by atoms with E-state index in [2.05, 4.69) is 4.74 Å². The predicted octanol–water partition coefficient (Wildman–Crippen LogP) is 1.90. The van der Waals surface area contributed by atoms with Gasteiger partial charge in [-0.1, -0.05) is 0 Å². The molecule has 1 aliphatic rings. The summed E-state index contributed by atoms with van der Waals surface area (Å²) in [6.45, 7) is 0.528. The molecular weight excluding hydrogens is 358 g/mol. The lowest BCUT2D eigenvalue weighted by atomic mass is 10.1. The van der Waals surface area contributed by atoms with Crippen molar-refractivity contribution in [3.8, 4) is 0 Å². The maximum atomic E-state index is 12.6. The zero-order chi connectivity index (χ0) is 18.7. The van der Waals surface area contributed by atoms with Crippen molar-refractivity contribution >= 4 is 21.7 Å². The predicted molar refractivity (Wildman–Crippen MR) is 93.4 cm³/mol. The van der Waals surface area contributed by atoms with Gasteiger partial charge in [0.1, 0.15) is 11.5 Å². The van der Waals surface area contributed by atoms with Gasteiger partial charge >= 0.3 is 5.97 Å². The van der Waals surface area contributed by atoms with Crippen LogP contribution in [-0.2, 0) is 20.3 Å². The molecule has 0 unspecified atom stereocenters. The van der Waals surface area contributed by atoms with Gasteiger partial charge in [-0.2, -0.15) is 0 Å². The first-order valence-electron chi connectivity index (χ1n) is 8.12. The minimum Gasteiger partial charge on any atom is -0.468 e. The fraction of sp³-hybridized carbons (Fsp3) is 0.333. The number of hydrogen-bond donors (Lipinski definition) is 0. The molecular formula is C18H19NO6S. The van der Waals surface area contributed by atoms with Gasteiger partial charge in [0.05, 0.1) is 24.2 Å². The molecule has 2 heterocycles. The second-order valence-electron chi connectivity index (χ2n) is 6.12. The lowest BCUT2D eigenvalue weighted by Crippen LogP contribution is -2.32. The SMILES string of the molecule is COC(=O)c1ccc(C(=O)N2CC[C@H](S(=O)(=O)Cc3ccco3)C2)cc1. The molecule has 1 amide bonds. The molecule has 1 saturated heterocycles. The number of furan rings is 1. The van der Waals surface area contributed by atoms with Gasteiger partial charge in [-0.25, -0.2) is 13.2 Å². The summed E-state index contributed by atoms with van der Waals surface area (Å²) in [6.07, 6.45) is 1.84. The van der Waals surface area contributed by atoms with Gasteiger partial charge in [0, 0.05) is 18.7 Å². The Morgan fingerprint density at radius 1 is 1.19 bits per heavy atom. The van der Waals surface area contributed by atoms with Crippen LogP contribution in [0.2, 0.25) is 0 Å². The molecule has 7 nitrogen and oxygen atoms in total. The zero-order valence-electron chi connectivity index (χ0n) is 14.3. The summed E-state index contributed by atoms with van der Waals surface area (Å²) < 4.78 is 34.8. The largest absolute Gasteiger partial charge is 0.468 e. The minimum atomic E-state index is -3.40. The molecule has 26 heavy (non-hydrogen) atoms. The lowest BCUT2D eigenvalue weighted by molar-refractivity contribution is 0.0600. The smallest absolute Gasteiger partial charge is 0.337 e. The standard InChI is InChI=1S/C18H19NO6S/c1-24-18(21)14-6-4-13(5-7-14)17(20)19-9-8-16(11-19)26(22,23)12-15-3-2-10-25-15/h2-7,10,16H,8-9,11-12H2,1H3/t16-/m0/s1. The first-order valence-corrected chi connectivity index (χ1v) is 9.84. The maximum Gasteiger partial charge on any atom is 0.337 e. The summed E-state index contributed by atoms with van der Waals surface area (Å²) in [7, 11) is -2.12. The average Bonchev–Trinajstić information content (AvgIpc) is 3.32. The van der Waals surface area contributed by atoms with Crippen LogP contribution in [0.3, 0.4) is 0 Å². The second-order valence-corrected chi connectivity index (χ2v) is 8.40. The number of amides is 1. The number of likely N-dealkylation sites (tertiary alicyclic amines) is 1. The van der Waals surface area contributed by atoms with Gasteiger partial charge < -0.3 is 14.1 Å². The van der Waals surface area contributed by atoms with Crippen LogP contribution in [0.25, 0.3) is 0 Å². The van der Waals surface area contributed by atoms with E-state index in [4.69, 9.17) is 4.42 Å². The maximum absolute atomic E-state index is 12.6. The van der Waals surface area contributed by atoms with Crippen molar-refractivity contribution in [2.75, 3.05) is 20.2 Å². The van der Waals surface area contributed by atoms with Crippen molar-refractivity contribution in [2.45, 2.75) is 17.4 Å². The van der Waals surface area contributed by atoms with E-state index in [1.54, 1.807) is 24.3 Å². The van der Waals surface area contributed by atoms with Crippen molar-refractivity contribution in [3.63, 3.8) is 0 Å². The molecule has 1 aromatic heterocycles. The van der Waals surface area contributed by atoms with Gasteiger partial charge in [0.2, 0.25) is 0 Å². The Kier molecular flexibility index (Phi) is 5.13. The molecule has 0 N–H and O–H groups in total. The van der Waals surface area contributed by atoms with E-state index in [0.29, 0.717) is 29.9 Å². The Morgan fingerprint density at radius 3 is 2.50 bits per heavy atom. The summed E-state index contributed by atoms with van der Waals surface area (Å²) in [5.41, 5.74) is 0.756. The van der Waals surface area contributed by atoms with Crippen LogP contribution in [0, 0.1) is 0 Å². The third kappa shape index (κ3) is 3.80. The van der Waals surface area contributed by atoms with Crippen LogP contribution in [-0.4, -0.2) is 50.6 Å². The average molecular weight is 377 g/mol. The van der Waals surface area contributed by atoms with E-state index in [-0.39, 0.29) is 18.2 Å². The first kappa shape index (κ1) is 18.2. The normalized spacial score (nSPS) is 17.3. The van der Waals surface area contributed by atoms with Gasteiger partial charge in [0.15, 0.2) is 9.84 Å². The van der Waals surface area contributed by atoms with E-state index in [1.807, 2.05) is 0 Å². The summed E-state index contributed by atoms with van der Waals surface area (Å²) >= 11 is 0. The molecule has 3 rings (SSSR count). The number of esters is 1. The van der Waals surface area contributed by atoms with E-state index in [9.17, 15) is 18.0 Å². The van der Waals surface area contributed by atoms with E-state index in [1.165, 1.54) is 30.4 Å². The Hall–Kier alpha value is -2.61. The number of benzene rings is 1. The highest BCUT2D eigenvalue weighted by Gasteiger charge is 2.35. The Bertz CT molecular complexity index is 886. The highest BCUT2D eigenvalue weighted by atomic mass is 32.2. The number of carbonyl (C=O) groups is 2. The topological polar surface area (TPSA) is 93.9 Å². The molecule has 8 heteroatoms. The number of hydrogen-bond acceptors (Lipinski definition) is 6. The quantitative estimate of drug-likeness (QED) is 0.739. The molecule has 0 spiro atoms. The molecule has 2 aromatic rings. The van der Waals surface area contributed by atoms with Crippen LogP contribution in [0.5, 0.6) is 0 Å². The molecule has 1 fully saturated rings. The van der Waals surface area contributed by atoms with Crippen molar-refractivity contribution in [1.82, 2.24) is 4.90 Å². The monoisotopic (exact) mass is 377 g/mol. The first-order chi connectivity index (χ1) is 12.4. The van der Waals surface area contributed by atoms with Crippen LogP contribution in [0.15, 0.2) is 47.1 Å². The number of nitrogens with zero attached hydrogens (tertiary/aromatic N) is 1. The molecule has 0 saturated carbocycles. The number of carbonyl (C=O) groups excluding carboxylic acids is 2. The fourth-order valence-electron chi connectivity index (χ4n) is 2.97. The van der Waals surface area contributed by atoms with Gasteiger partial charge in [-0.15, -0.1) is 0 Å². The number of rotatable bonds is 5. The molecule has 1 atom stereocenters. The second kappa shape index (κ2) is 7.33. The Balaban J connectivity index is 1.66. The van der Waals surface area contributed by atoms with Crippen molar-refractivity contribution in [2.24, 2.45) is 0 Å². The van der Waals surface area contributed by atoms with E-state index < -0.39 is 21.1 Å². The zero-order valence-corrected chi connectivity index (χ0v) is 15.1. The molecule has 1 aromatic carbocycles. The van der Waals surface area contributed by atoms with Gasteiger partial charge in [0.25, 0.3) is 5.91 Å². The fourth-order valence-corrected chi connectivity index (χ4v) is 4.63. The molecule has 1 aliphatic heterocycles. The molecule has 0 bridgehead atoms. The van der Waals surface area contributed by atoms with Crippen molar-refractivity contribution in [3.05, 3.63) is 59.5 Å². The molecule has 0 aliphatic carbocycles. The van der Waals surface area contributed by atoms with Crippen molar-refractivity contribution < 1.29 is 27.2 Å². The van der Waals surface area contributed by atoms with E-state index >= 15 is 0 Å². The van der Waals surface area contributed by atoms with E-state index in [0.717, 1.165) is 0 Å². The lowest BCUT2D eigenvalue weighted by Gasteiger charge is -2.17. The van der Waals surface area contributed by atoms with Crippen LogP contribution in [0.1, 0.15) is 32.9 Å². The van der Waals surface area contributed by atoms with Crippen LogP contribution >= 0.6 is 0 Å². The van der Waals surface area contributed by atoms with Crippen LogP contribution in [0.4, 0.5) is 0 Å². The summed E-state index contributed by atoms with van der Waals surface area (Å²) in [5.74, 6) is -0.500. The van der Waals surface area contributed by atoms with Gasteiger partial charge in [-0.05, 0) is 42.8 Å². The third-order valence-corrected chi connectivity index (χ3v) is 6.50. The highest BCUT2D eigenvalue weighted by molar-refractivity contribution is 7.91. The number of methoxy groups -OCH3 is 1. The third-order valence-electron chi connectivity index (χ3n) is 4.42.